The SMILES string of the molecule is CN(Cc1nccn1C(F)F)c1ncnc2sc3c(c12)CCCC3. The molecule has 1 aliphatic rings. The van der Waals surface area contributed by atoms with Crippen molar-refractivity contribution in [2.45, 2.75) is 38.8 Å². The summed E-state index contributed by atoms with van der Waals surface area (Å²) in [6, 6.07) is 0. The van der Waals surface area contributed by atoms with Gasteiger partial charge in [-0.3, -0.25) is 4.57 Å². The van der Waals surface area contributed by atoms with Gasteiger partial charge in [0.2, 0.25) is 0 Å². The lowest BCUT2D eigenvalue weighted by atomic mass is 9.97. The van der Waals surface area contributed by atoms with Crippen molar-refractivity contribution in [2.24, 2.45) is 0 Å². The Bertz CT molecular complexity index is 873. The van der Waals surface area contributed by atoms with E-state index in [2.05, 4.69) is 15.0 Å². The molecule has 3 heterocycles. The highest BCUT2D eigenvalue weighted by Gasteiger charge is 2.22. The van der Waals surface area contributed by atoms with Gasteiger partial charge in [0.05, 0.1) is 11.9 Å². The van der Waals surface area contributed by atoms with Crippen molar-refractivity contribution < 1.29 is 8.78 Å². The number of aromatic nitrogens is 4. The average Bonchev–Trinajstić information content (AvgIpc) is 3.18. The molecule has 24 heavy (non-hydrogen) atoms. The molecular formula is C16H17F2N5S. The predicted molar refractivity (Wildman–Crippen MR) is 89.6 cm³/mol. The second-order valence-electron chi connectivity index (χ2n) is 5.97. The van der Waals surface area contributed by atoms with Gasteiger partial charge in [-0.2, -0.15) is 8.78 Å². The fourth-order valence-corrected chi connectivity index (χ4v) is 4.52. The third-order valence-corrected chi connectivity index (χ3v) is 5.63. The summed E-state index contributed by atoms with van der Waals surface area (Å²) in [6.45, 7) is -2.32. The van der Waals surface area contributed by atoms with E-state index >= 15 is 0 Å². The molecule has 3 aromatic rings. The van der Waals surface area contributed by atoms with E-state index in [0.717, 1.165) is 33.4 Å². The highest BCUT2D eigenvalue weighted by molar-refractivity contribution is 7.19. The lowest BCUT2D eigenvalue weighted by molar-refractivity contribution is 0.0670. The largest absolute Gasteiger partial charge is 0.352 e. The lowest BCUT2D eigenvalue weighted by Gasteiger charge is -2.20. The number of aryl methyl sites for hydroxylation is 2. The van der Waals surface area contributed by atoms with Gasteiger partial charge in [-0.15, -0.1) is 11.3 Å². The summed E-state index contributed by atoms with van der Waals surface area (Å²) in [5.74, 6) is 1.12. The van der Waals surface area contributed by atoms with Crippen LogP contribution in [0.1, 0.15) is 35.7 Å². The Hall–Kier alpha value is -2.09. The van der Waals surface area contributed by atoms with E-state index in [1.165, 1.54) is 35.7 Å². The van der Waals surface area contributed by atoms with E-state index in [4.69, 9.17) is 0 Å². The van der Waals surface area contributed by atoms with Crippen LogP contribution in [0.25, 0.3) is 10.2 Å². The number of hydrogen-bond acceptors (Lipinski definition) is 5. The molecule has 0 saturated carbocycles. The first-order valence-corrected chi connectivity index (χ1v) is 8.73. The number of thiophene rings is 1. The molecule has 0 unspecified atom stereocenters. The van der Waals surface area contributed by atoms with E-state index in [1.54, 1.807) is 17.7 Å². The van der Waals surface area contributed by atoms with Gasteiger partial charge in [0, 0.05) is 24.3 Å². The summed E-state index contributed by atoms with van der Waals surface area (Å²) in [5.41, 5.74) is 1.33. The van der Waals surface area contributed by atoms with Gasteiger partial charge >= 0.3 is 6.55 Å². The van der Waals surface area contributed by atoms with Crippen molar-refractivity contribution in [3.63, 3.8) is 0 Å². The second kappa shape index (κ2) is 6.08. The van der Waals surface area contributed by atoms with Crippen LogP contribution >= 0.6 is 11.3 Å². The van der Waals surface area contributed by atoms with Gasteiger partial charge in [0.15, 0.2) is 0 Å². The van der Waals surface area contributed by atoms with Gasteiger partial charge < -0.3 is 4.90 Å². The summed E-state index contributed by atoms with van der Waals surface area (Å²) in [6.07, 6.45) is 8.77. The summed E-state index contributed by atoms with van der Waals surface area (Å²) in [7, 11) is 1.86. The Labute approximate surface area is 142 Å². The molecule has 0 bridgehead atoms. The van der Waals surface area contributed by atoms with Crippen LogP contribution in [0.2, 0.25) is 0 Å². The van der Waals surface area contributed by atoms with Gasteiger partial charge in [0.25, 0.3) is 0 Å². The molecular weight excluding hydrogens is 332 g/mol. The van der Waals surface area contributed by atoms with E-state index in [0.29, 0.717) is 5.82 Å². The quantitative estimate of drug-likeness (QED) is 0.719. The van der Waals surface area contributed by atoms with E-state index < -0.39 is 6.55 Å². The van der Waals surface area contributed by atoms with E-state index in [-0.39, 0.29) is 6.54 Å². The van der Waals surface area contributed by atoms with Crippen LogP contribution in [-0.2, 0) is 19.4 Å². The standard InChI is InChI=1S/C16H17F2N5S/c1-22(8-12-19-6-7-23(12)16(17)18)14-13-10-4-2-3-5-11(10)24-15(13)21-9-20-14/h6-7,9,16H,2-5,8H2,1H3. The van der Waals surface area contributed by atoms with Crippen LogP contribution in [-0.4, -0.2) is 26.6 Å². The van der Waals surface area contributed by atoms with Gasteiger partial charge in [-0.25, -0.2) is 15.0 Å². The third-order valence-electron chi connectivity index (χ3n) is 4.43. The molecule has 126 valence electrons. The Balaban J connectivity index is 1.73. The first-order valence-electron chi connectivity index (χ1n) is 7.91. The monoisotopic (exact) mass is 349 g/mol. The number of imidazole rings is 1. The van der Waals surface area contributed by atoms with Crippen LogP contribution in [0, 0.1) is 0 Å². The van der Waals surface area contributed by atoms with Gasteiger partial charge in [-0.1, -0.05) is 0 Å². The molecule has 1 aliphatic carbocycles. The second-order valence-corrected chi connectivity index (χ2v) is 7.06. The van der Waals surface area contributed by atoms with Crippen molar-refractivity contribution in [3.05, 3.63) is 35.0 Å². The third kappa shape index (κ3) is 2.54. The molecule has 0 aliphatic heterocycles. The molecule has 0 amide bonds. The number of hydrogen-bond donors (Lipinski definition) is 0. The normalized spacial score (nSPS) is 14.3. The topological polar surface area (TPSA) is 46.8 Å². The summed E-state index contributed by atoms with van der Waals surface area (Å²) >= 11 is 1.73. The molecule has 0 spiro atoms. The summed E-state index contributed by atoms with van der Waals surface area (Å²) in [4.78, 5) is 17.2. The number of fused-ring (bicyclic) bond motifs is 3. The number of anilines is 1. The summed E-state index contributed by atoms with van der Waals surface area (Å²) < 4.78 is 26.9. The zero-order valence-corrected chi connectivity index (χ0v) is 14.1. The average molecular weight is 349 g/mol. The summed E-state index contributed by atoms with van der Waals surface area (Å²) in [5, 5.41) is 1.08. The molecule has 0 atom stereocenters. The molecule has 0 aromatic carbocycles. The maximum atomic E-state index is 13.0. The maximum Gasteiger partial charge on any atom is 0.319 e. The first-order chi connectivity index (χ1) is 11.6. The lowest BCUT2D eigenvalue weighted by Crippen LogP contribution is -2.21. The van der Waals surface area contributed by atoms with Crippen LogP contribution in [0.5, 0.6) is 0 Å². The van der Waals surface area contributed by atoms with Crippen molar-refractivity contribution in [1.82, 2.24) is 19.5 Å². The number of alkyl halides is 2. The van der Waals surface area contributed by atoms with Gasteiger partial charge in [-0.05, 0) is 31.2 Å². The van der Waals surface area contributed by atoms with Gasteiger partial charge in [0.1, 0.15) is 22.8 Å². The van der Waals surface area contributed by atoms with Crippen molar-refractivity contribution in [3.8, 4) is 0 Å². The Morgan fingerprint density at radius 1 is 1.25 bits per heavy atom. The van der Waals surface area contributed by atoms with Crippen molar-refractivity contribution in [2.75, 3.05) is 11.9 Å². The predicted octanol–water partition coefficient (Wildman–Crippen LogP) is 3.80. The van der Waals surface area contributed by atoms with Crippen LogP contribution < -0.4 is 4.90 Å². The van der Waals surface area contributed by atoms with Crippen molar-refractivity contribution in [1.29, 1.82) is 0 Å². The minimum atomic E-state index is -2.59. The Kier molecular flexibility index (Phi) is 3.91. The molecule has 5 nitrogen and oxygen atoms in total. The number of nitrogens with zero attached hydrogens (tertiary/aromatic N) is 5. The molecule has 0 N–H and O–H groups in total. The zero-order chi connectivity index (χ0) is 16.7. The number of rotatable bonds is 4. The van der Waals surface area contributed by atoms with Crippen LogP contribution in [0.3, 0.4) is 0 Å². The Morgan fingerprint density at radius 2 is 2.08 bits per heavy atom. The zero-order valence-electron chi connectivity index (χ0n) is 13.2. The molecule has 8 heteroatoms. The fraction of sp³-hybridized carbons (Fsp3) is 0.438. The number of halogens is 2. The van der Waals surface area contributed by atoms with E-state index in [1.807, 2.05) is 11.9 Å². The molecule has 0 fully saturated rings. The highest BCUT2D eigenvalue weighted by Crippen LogP contribution is 2.39. The van der Waals surface area contributed by atoms with Crippen LogP contribution in [0.15, 0.2) is 18.7 Å². The minimum Gasteiger partial charge on any atom is -0.352 e. The first kappa shape index (κ1) is 15.4. The molecule has 0 radical (unpaired) electrons. The van der Waals surface area contributed by atoms with Crippen LogP contribution in [0.4, 0.5) is 14.6 Å². The van der Waals surface area contributed by atoms with E-state index in [9.17, 15) is 8.78 Å². The maximum absolute atomic E-state index is 13.0. The fourth-order valence-electron chi connectivity index (χ4n) is 3.29. The highest BCUT2D eigenvalue weighted by atomic mass is 32.1. The molecule has 4 rings (SSSR count). The smallest absolute Gasteiger partial charge is 0.319 e. The molecule has 3 aromatic heterocycles. The minimum absolute atomic E-state index is 0.272. The Morgan fingerprint density at radius 3 is 2.92 bits per heavy atom. The molecule has 0 saturated heterocycles. The van der Waals surface area contributed by atoms with Crippen molar-refractivity contribution >= 4 is 27.4 Å².